The maximum Gasteiger partial charge on any atom is 0.109 e. The molecule has 0 aromatic rings. The van der Waals surface area contributed by atoms with Crippen LogP contribution in [0.15, 0.2) is 24.3 Å². The molecule has 45 heavy (non-hydrogen) atoms. The summed E-state index contributed by atoms with van der Waals surface area (Å²) in [5, 5.41) is 7.33. The molecule has 0 aromatic carbocycles. The third-order valence-corrected chi connectivity index (χ3v) is 9.19. The molecule has 0 aromatic heterocycles. The van der Waals surface area contributed by atoms with Crippen LogP contribution in [0.3, 0.4) is 0 Å². The van der Waals surface area contributed by atoms with Crippen molar-refractivity contribution >= 4 is 0 Å². The molecule has 0 amide bonds. The van der Waals surface area contributed by atoms with Gasteiger partial charge in [0.15, 0.2) is 0 Å². The third-order valence-electron chi connectivity index (χ3n) is 9.19. The first kappa shape index (κ1) is 44.4. The van der Waals surface area contributed by atoms with Crippen LogP contribution < -0.4 is 10.6 Å². The van der Waals surface area contributed by atoms with Gasteiger partial charge >= 0.3 is 0 Å². The molecule has 0 bridgehead atoms. The van der Waals surface area contributed by atoms with Gasteiger partial charge in [-0.15, -0.1) is 0 Å². The van der Waals surface area contributed by atoms with E-state index in [4.69, 9.17) is 4.74 Å². The number of ether oxygens (including phenoxy) is 1. The van der Waals surface area contributed by atoms with E-state index in [1.807, 2.05) is 0 Å². The van der Waals surface area contributed by atoms with Crippen LogP contribution in [0.1, 0.15) is 220 Å². The van der Waals surface area contributed by atoms with Gasteiger partial charge < -0.3 is 4.74 Å². The van der Waals surface area contributed by atoms with E-state index in [-0.39, 0.29) is 12.5 Å². The SMILES string of the molecule is CCCCCCCC/C=C\CCCCCCCCNC(CC)OC(CC)NCCCCCCCC/C=C\CCCCCCCC. The van der Waals surface area contributed by atoms with Gasteiger partial charge in [0.25, 0.3) is 0 Å². The van der Waals surface area contributed by atoms with Gasteiger partial charge in [-0.3, -0.25) is 10.6 Å². The van der Waals surface area contributed by atoms with Crippen molar-refractivity contribution in [2.45, 2.75) is 233 Å². The minimum atomic E-state index is 0.172. The second-order valence-corrected chi connectivity index (χ2v) is 13.7. The Labute approximate surface area is 285 Å². The molecule has 0 saturated carbocycles. The van der Waals surface area contributed by atoms with Crippen LogP contribution in [-0.4, -0.2) is 25.5 Å². The van der Waals surface area contributed by atoms with E-state index in [2.05, 4.69) is 62.6 Å². The quantitative estimate of drug-likeness (QED) is 0.0403. The van der Waals surface area contributed by atoms with E-state index < -0.39 is 0 Å². The Balaban J connectivity index is 3.55. The van der Waals surface area contributed by atoms with Gasteiger partial charge in [-0.25, -0.2) is 0 Å². The van der Waals surface area contributed by atoms with Crippen LogP contribution in [0, 0.1) is 0 Å². The molecule has 2 N–H and O–H groups in total. The Morgan fingerprint density at radius 1 is 0.356 bits per heavy atom. The first-order valence-corrected chi connectivity index (χ1v) is 20.7. The van der Waals surface area contributed by atoms with Crippen molar-refractivity contribution in [3.8, 4) is 0 Å². The van der Waals surface area contributed by atoms with Gasteiger partial charge in [0.2, 0.25) is 0 Å². The van der Waals surface area contributed by atoms with Crippen molar-refractivity contribution < 1.29 is 4.74 Å². The molecule has 0 spiro atoms. The molecule has 3 nitrogen and oxygen atoms in total. The molecule has 2 unspecified atom stereocenters. The summed E-state index contributed by atoms with van der Waals surface area (Å²) in [7, 11) is 0. The molecule has 0 aliphatic heterocycles. The molecule has 0 radical (unpaired) electrons. The highest BCUT2D eigenvalue weighted by atomic mass is 16.5. The third kappa shape index (κ3) is 36.0. The first-order chi connectivity index (χ1) is 22.3. The highest BCUT2D eigenvalue weighted by Crippen LogP contribution is 2.12. The van der Waals surface area contributed by atoms with Crippen molar-refractivity contribution in [1.82, 2.24) is 10.6 Å². The van der Waals surface area contributed by atoms with E-state index in [1.165, 1.54) is 180 Å². The predicted octanol–water partition coefficient (Wildman–Crippen LogP) is 13.7. The monoisotopic (exact) mass is 633 g/mol. The van der Waals surface area contributed by atoms with E-state index in [0.717, 1.165) is 25.9 Å². The molecule has 0 saturated heterocycles. The van der Waals surface area contributed by atoms with Crippen molar-refractivity contribution in [3.05, 3.63) is 24.3 Å². The fourth-order valence-electron chi connectivity index (χ4n) is 6.05. The average molecular weight is 633 g/mol. The summed E-state index contributed by atoms with van der Waals surface area (Å²) < 4.78 is 6.37. The number of hydrogen-bond donors (Lipinski definition) is 2. The lowest BCUT2D eigenvalue weighted by Gasteiger charge is -2.25. The fraction of sp³-hybridized carbons (Fsp3) is 0.905. The van der Waals surface area contributed by atoms with Crippen molar-refractivity contribution in [3.63, 3.8) is 0 Å². The van der Waals surface area contributed by atoms with Gasteiger partial charge in [0.05, 0.1) is 0 Å². The Kier molecular flexibility index (Phi) is 39.0. The van der Waals surface area contributed by atoms with Gasteiger partial charge in [-0.05, 0) is 90.1 Å². The lowest BCUT2D eigenvalue weighted by molar-refractivity contribution is -0.0495. The minimum Gasteiger partial charge on any atom is -0.345 e. The van der Waals surface area contributed by atoms with E-state index >= 15 is 0 Å². The molecule has 0 aliphatic carbocycles. The van der Waals surface area contributed by atoms with Crippen LogP contribution in [-0.2, 0) is 4.74 Å². The smallest absolute Gasteiger partial charge is 0.109 e. The van der Waals surface area contributed by atoms with Gasteiger partial charge in [0.1, 0.15) is 12.5 Å². The highest BCUT2D eigenvalue weighted by molar-refractivity contribution is 4.82. The standard InChI is InChI=1S/C42H84N2O/c1-5-9-11-13-15-17-19-21-23-25-27-29-31-33-35-37-39-43-41(7-3)45-42(8-4)44-40-38-36-34-32-30-28-26-24-22-20-18-16-14-12-10-6-2/h21-24,41-44H,5-20,25-40H2,1-4H3/b23-21-,24-22-. The molecule has 0 rings (SSSR count). The molecule has 0 fully saturated rings. The number of hydrogen-bond acceptors (Lipinski definition) is 3. The van der Waals surface area contributed by atoms with Crippen molar-refractivity contribution in [2.75, 3.05) is 13.1 Å². The van der Waals surface area contributed by atoms with Gasteiger partial charge in [0, 0.05) is 0 Å². The van der Waals surface area contributed by atoms with Crippen LogP contribution in [0.5, 0.6) is 0 Å². The summed E-state index contributed by atoms with van der Waals surface area (Å²) in [5.41, 5.74) is 0. The van der Waals surface area contributed by atoms with Gasteiger partial charge in [-0.1, -0.05) is 168 Å². The number of unbranched alkanes of at least 4 members (excludes halogenated alkanes) is 24. The minimum absolute atomic E-state index is 0.172. The Morgan fingerprint density at radius 2 is 0.622 bits per heavy atom. The maximum absolute atomic E-state index is 6.37. The predicted molar refractivity (Wildman–Crippen MR) is 204 cm³/mol. The van der Waals surface area contributed by atoms with Crippen LogP contribution in [0.4, 0.5) is 0 Å². The summed E-state index contributed by atoms with van der Waals surface area (Å²) in [6.45, 7) is 11.2. The number of allylic oxidation sites excluding steroid dienone is 4. The highest BCUT2D eigenvalue weighted by Gasteiger charge is 2.12. The molecule has 0 aliphatic rings. The molecule has 3 heteroatoms. The summed E-state index contributed by atoms with van der Waals surface area (Å²) in [4.78, 5) is 0. The summed E-state index contributed by atoms with van der Waals surface area (Å²) in [5.74, 6) is 0. The zero-order valence-electron chi connectivity index (χ0n) is 31.5. The lowest BCUT2D eigenvalue weighted by Crippen LogP contribution is -2.41. The van der Waals surface area contributed by atoms with Crippen LogP contribution in [0.2, 0.25) is 0 Å². The molecular weight excluding hydrogens is 548 g/mol. The summed E-state index contributed by atoms with van der Waals surface area (Å²) in [6, 6.07) is 0. The molecular formula is C42H84N2O. The van der Waals surface area contributed by atoms with Crippen molar-refractivity contribution in [1.29, 1.82) is 0 Å². The normalized spacial score (nSPS) is 13.4. The molecule has 268 valence electrons. The van der Waals surface area contributed by atoms with Crippen LogP contribution in [0.25, 0.3) is 0 Å². The van der Waals surface area contributed by atoms with Crippen molar-refractivity contribution in [2.24, 2.45) is 0 Å². The van der Waals surface area contributed by atoms with Crippen LogP contribution >= 0.6 is 0 Å². The second-order valence-electron chi connectivity index (χ2n) is 13.7. The summed E-state index contributed by atoms with van der Waals surface area (Å²) in [6.07, 6.45) is 50.3. The second kappa shape index (κ2) is 39.5. The van der Waals surface area contributed by atoms with E-state index in [9.17, 15) is 0 Å². The number of rotatable bonds is 38. The maximum atomic E-state index is 6.37. The van der Waals surface area contributed by atoms with E-state index in [1.54, 1.807) is 0 Å². The number of nitrogens with one attached hydrogen (secondary N) is 2. The topological polar surface area (TPSA) is 33.3 Å². The largest absolute Gasteiger partial charge is 0.345 e. The fourth-order valence-corrected chi connectivity index (χ4v) is 6.05. The Bertz CT molecular complexity index is 539. The van der Waals surface area contributed by atoms with Gasteiger partial charge in [-0.2, -0.15) is 0 Å². The van der Waals surface area contributed by atoms with E-state index in [0.29, 0.717) is 0 Å². The Morgan fingerprint density at radius 3 is 0.911 bits per heavy atom. The zero-order valence-corrected chi connectivity index (χ0v) is 31.5. The lowest BCUT2D eigenvalue weighted by atomic mass is 10.1. The molecule has 0 heterocycles. The Hall–Kier alpha value is -0.640. The molecule has 2 atom stereocenters. The first-order valence-electron chi connectivity index (χ1n) is 20.7. The zero-order chi connectivity index (χ0) is 32.7. The summed E-state index contributed by atoms with van der Waals surface area (Å²) >= 11 is 0. The average Bonchev–Trinajstić information content (AvgIpc) is 3.06.